The Bertz CT molecular complexity index is 382. The third-order valence-electron chi connectivity index (χ3n) is 2.52. The number of hydrogen-bond donors (Lipinski definition) is 0. The molecule has 4 heteroatoms. The van der Waals surface area contributed by atoms with Gasteiger partial charge in [-0.05, 0) is 6.92 Å². The zero-order valence-corrected chi connectivity index (χ0v) is 10.2. The molecule has 1 atom stereocenters. The fraction of sp³-hybridized carbons (Fsp3) is 0.385. The van der Waals surface area contributed by atoms with Gasteiger partial charge < -0.3 is 9.47 Å². The van der Waals surface area contributed by atoms with Crippen molar-refractivity contribution in [2.24, 2.45) is 5.92 Å². The van der Waals surface area contributed by atoms with Crippen LogP contribution in [-0.2, 0) is 14.3 Å². The van der Waals surface area contributed by atoms with E-state index in [1.807, 2.05) is 6.07 Å². The lowest BCUT2D eigenvalue weighted by Crippen LogP contribution is -2.36. The van der Waals surface area contributed by atoms with E-state index in [-0.39, 0.29) is 11.6 Å². The van der Waals surface area contributed by atoms with E-state index in [1.165, 1.54) is 21.1 Å². The van der Waals surface area contributed by atoms with Crippen molar-refractivity contribution in [3.8, 4) is 0 Å². The molecular weight excluding hydrogens is 220 g/mol. The molecule has 1 unspecified atom stereocenters. The van der Waals surface area contributed by atoms with Crippen molar-refractivity contribution in [2.75, 3.05) is 14.2 Å². The number of methoxy groups -OCH3 is 2. The van der Waals surface area contributed by atoms with Gasteiger partial charge in [-0.15, -0.1) is 0 Å². The third kappa shape index (κ3) is 3.22. The first-order chi connectivity index (χ1) is 8.11. The Balaban J connectivity index is 3.00. The Morgan fingerprint density at radius 2 is 1.59 bits per heavy atom. The lowest BCUT2D eigenvalue weighted by atomic mass is 9.93. The lowest BCUT2D eigenvalue weighted by Gasteiger charge is -2.21. The van der Waals surface area contributed by atoms with Gasteiger partial charge in [0, 0.05) is 19.8 Å². The molecule has 1 aromatic rings. The summed E-state index contributed by atoms with van der Waals surface area (Å²) in [5.74, 6) is -1.48. The molecule has 0 saturated carbocycles. The van der Waals surface area contributed by atoms with Crippen LogP contribution in [0.3, 0.4) is 0 Å². The summed E-state index contributed by atoms with van der Waals surface area (Å²) in [6, 6.07) is 8.64. The molecule has 0 bridgehead atoms. The second-order valence-electron chi connectivity index (χ2n) is 3.66. The minimum Gasteiger partial charge on any atom is -0.355 e. The summed E-state index contributed by atoms with van der Waals surface area (Å²) < 4.78 is 10.0. The monoisotopic (exact) mass is 236 g/mol. The summed E-state index contributed by atoms with van der Waals surface area (Å²) in [5, 5.41) is 0. The molecule has 1 aromatic carbocycles. The Hall–Kier alpha value is -1.52. The molecular formula is C13H16O4. The lowest BCUT2D eigenvalue weighted by molar-refractivity contribution is -0.147. The van der Waals surface area contributed by atoms with Gasteiger partial charge in [0.1, 0.15) is 11.7 Å². The number of hydrogen-bond acceptors (Lipinski definition) is 4. The Labute approximate surface area is 101 Å². The smallest absolute Gasteiger partial charge is 0.178 e. The van der Waals surface area contributed by atoms with Gasteiger partial charge in [0.15, 0.2) is 12.1 Å². The van der Waals surface area contributed by atoms with Crippen LogP contribution >= 0.6 is 0 Å². The van der Waals surface area contributed by atoms with Crippen molar-refractivity contribution in [1.82, 2.24) is 0 Å². The second kappa shape index (κ2) is 6.27. The van der Waals surface area contributed by atoms with Gasteiger partial charge in [-0.2, -0.15) is 0 Å². The number of carbonyl (C=O) groups excluding carboxylic acids is 2. The maximum absolute atomic E-state index is 12.2. The predicted molar refractivity (Wildman–Crippen MR) is 62.7 cm³/mol. The van der Waals surface area contributed by atoms with E-state index in [0.29, 0.717) is 5.56 Å². The average molecular weight is 236 g/mol. The van der Waals surface area contributed by atoms with Gasteiger partial charge in [-0.25, -0.2) is 0 Å². The highest BCUT2D eigenvalue weighted by molar-refractivity contribution is 6.10. The fourth-order valence-electron chi connectivity index (χ4n) is 1.65. The van der Waals surface area contributed by atoms with Crippen LogP contribution in [0.1, 0.15) is 17.3 Å². The van der Waals surface area contributed by atoms with Gasteiger partial charge in [0.25, 0.3) is 0 Å². The van der Waals surface area contributed by atoms with Crippen LogP contribution in [0.5, 0.6) is 0 Å². The molecule has 0 saturated heterocycles. The fourth-order valence-corrected chi connectivity index (χ4v) is 1.65. The Morgan fingerprint density at radius 1 is 1.06 bits per heavy atom. The highest BCUT2D eigenvalue weighted by Gasteiger charge is 2.33. The average Bonchev–Trinajstić information content (AvgIpc) is 2.35. The molecule has 0 aliphatic rings. The number of rotatable bonds is 6. The predicted octanol–water partition coefficient (Wildman–Crippen LogP) is 1.69. The molecule has 0 spiro atoms. The first kappa shape index (κ1) is 13.5. The Kier molecular flexibility index (Phi) is 5.00. The number of ether oxygens (including phenoxy) is 2. The van der Waals surface area contributed by atoms with E-state index in [0.717, 1.165) is 0 Å². The molecule has 0 aliphatic heterocycles. The maximum Gasteiger partial charge on any atom is 0.178 e. The first-order valence-corrected chi connectivity index (χ1v) is 5.27. The van der Waals surface area contributed by atoms with Gasteiger partial charge in [-0.1, -0.05) is 30.3 Å². The molecule has 92 valence electrons. The van der Waals surface area contributed by atoms with E-state index in [9.17, 15) is 9.59 Å². The van der Waals surface area contributed by atoms with Crippen molar-refractivity contribution >= 4 is 11.6 Å². The summed E-state index contributed by atoms with van der Waals surface area (Å²) in [5.41, 5.74) is 0.479. The van der Waals surface area contributed by atoms with Crippen LogP contribution in [0.25, 0.3) is 0 Å². The van der Waals surface area contributed by atoms with Crippen LogP contribution in [-0.4, -0.2) is 32.1 Å². The van der Waals surface area contributed by atoms with Gasteiger partial charge in [0.05, 0.1) is 0 Å². The van der Waals surface area contributed by atoms with Gasteiger partial charge in [-0.3, -0.25) is 9.59 Å². The van der Waals surface area contributed by atoms with Crippen molar-refractivity contribution in [2.45, 2.75) is 13.2 Å². The van der Waals surface area contributed by atoms with Crippen molar-refractivity contribution < 1.29 is 19.1 Å². The molecule has 4 nitrogen and oxygen atoms in total. The number of ketones is 2. The number of Topliss-reactive ketones (excluding diaryl/α,β-unsaturated/α-hetero) is 2. The molecule has 0 fully saturated rings. The van der Waals surface area contributed by atoms with Gasteiger partial charge >= 0.3 is 0 Å². The van der Waals surface area contributed by atoms with Crippen LogP contribution in [0.4, 0.5) is 0 Å². The zero-order chi connectivity index (χ0) is 12.8. The summed E-state index contributed by atoms with van der Waals surface area (Å²) >= 11 is 0. The highest BCUT2D eigenvalue weighted by atomic mass is 16.7. The molecule has 0 N–H and O–H groups in total. The zero-order valence-electron chi connectivity index (χ0n) is 10.2. The van der Waals surface area contributed by atoms with E-state index in [2.05, 4.69) is 0 Å². The van der Waals surface area contributed by atoms with Crippen molar-refractivity contribution in [3.05, 3.63) is 35.9 Å². The summed E-state index contributed by atoms with van der Waals surface area (Å²) in [6.45, 7) is 1.36. The van der Waals surface area contributed by atoms with Gasteiger partial charge in [0.2, 0.25) is 0 Å². The van der Waals surface area contributed by atoms with E-state index in [4.69, 9.17) is 9.47 Å². The highest BCUT2D eigenvalue weighted by Crippen LogP contribution is 2.16. The van der Waals surface area contributed by atoms with Crippen molar-refractivity contribution in [1.29, 1.82) is 0 Å². The SMILES string of the molecule is COC(OC)C(C(C)=O)C(=O)c1ccccc1. The standard InChI is InChI=1S/C13H16O4/c1-9(14)11(13(16-2)17-3)12(15)10-7-5-4-6-8-10/h4-8,11,13H,1-3H3. The first-order valence-electron chi connectivity index (χ1n) is 5.27. The van der Waals surface area contributed by atoms with Crippen LogP contribution in [0.15, 0.2) is 30.3 Å². The summed E-state index contributed by atoms with van der Waals surface area (Å²) in [4.78, 5) is 23.7. The largest absolute Gasteiger partial charge is 0.355 e. The third-order valence-corrected chi connectivity index (χ3v) is 2.52. The molecule has 0 heterocycles. The van der Waals surface area contributed by atoms with E-state index >= 15 is 0 Å². The number of carbonyl (C=O) groups is 2. The molecule has 0 amide bonds. The maximum atomic E-state index is 12.2. The summed E-state index contributed by atoms with van der Waals surface area (Å²) in [6.07, 6.45) is -0.847. The molecule has 1 rings (SSSR count). The normalized spacial score (nSPS) is 12.5. The van der Waals surface area contributed by atoms with E-state index < -0.39 is 12.2 Å². The Morgan fingerprint density at radius 3 is 2.00 bits per heavy atom. The minimum atomic E-state index is -0.924. The summed E-state index contributed by atoms with van der Waals surface area (Å²) in [7, 11) is 2.81. The molecule has 0 aliphatic carbocycles. The van der Waals surface area contributed by atoms with Crippen LogP contribution in [0.2, 0.25) is 0 Å². The topological polar surface area (TPSA) is 52.6 Å². The van der Waals surface area contributed by atoms with Crippen molar-refractivity contribution in [3.63, 3.8) is 0 Å². The molecule has 0 aromatic heterocycles. The van der Waals surface area contributed by atoms with E-state index in [1.54, 1.807) is 24.3 Å². The molecule has 0 radical (unpaired) electrons. The second-order valence-corrected chi connectivity index (χ2v) is 3.66. The van der Waals surface area contributed by atoms with Crippen LogP contribution < -0.4 is 0 Å². The molecule has 17 heavy (non-hydrogen) atoms. The number of benzene rings is 1. The minimum absolute atomic E-state index is 0.271. The quantitative estimate of drug-likeness (QED) is 0.428. The van der Waals surface area contributed by atoms with Crippen LogP contribution in [0, 0.1) is 5.92 Å².